The molecule has 0 saturated carbocycles. The second-order valence-electron chi connectivity index (χ2n) is 5.67. The van der Waals surface area contributed by atoms with Crippen LogP contribution in [0.3, 0.4) is 0 Å². The number of carboxylic acid groups (broad SMARTS) is 1. The number of methoxy groups -OCH3 is 1. The summed E-state index contributed by atoms with van der Waals surface area (Å²) in [5, 5.41) is 10.5. The first-order chi connectivity index (χ1) is 12.4. The highest BCUT2D eigenvalue weighted by atomic mass is 127. The Kier molecular flexibility index (Phi) is 5.84. The molecule has 0 fully saturated rings. The van der Waals surface area contributed by atoms with Crippen LogP contribution in [0.5, 0.6) is 5.75 Å². The minimum absolute atomic E-state index is 0.0681. The van der Waals surface area contributed by atoms with Gasteiger partial charge in [0.2, 0.25) is 0 Å². The minimum atomic E-state index is -0.879. The normalized spacial score (nSPS) is 10.8. The van der Waals surface area contributed by atoms with Crippen molar-refractivity contribution < 1.29 is 14.6 Å². The van der Waals surface area contributed by atoms with Gasteiger partial charge in [0.1, 0.15) is 10.8 Å². The van der Waals surface area contributed by atoms with Crippen molar-refractivity contribution in [1.82, 2.24) is 4.98 Å². The fourth-order valence-electron chi connectivity index (χ4n) is 2.50. The second-order valence-corrected chi connectivity index (χ2v) is 8.33. The Bertz CT molecular complexity index is 987. The van der Waals surface area contributed by atoms with Gasteiger partial charge in [-0.3, -0.25) is 4.79 Å². The SMILES string of the molecule is COc1ccc(-c2nc(-c3ccc(C)c(I)c3)c(CC(=O)O)s2)cc1Cl. The van der Waals surface area contributed by atoms with Crippen molar-refractivity contribution in [3.63, 3.8) is 0 Å². The maximum Gasteiger partial charge on any atom is 0.308 e. The number of carbonyl (C=O) groups is 1. The molecule has 0 radical (unpaired) electrons. The minimum Gasteiger partial charge on any atom is -0.495 e. The van der Waals surface area contributed by atoms with Gasteiger partial charge in [0.25, 0.3) is 0 Å². The van der Waals surface area contributed by atoms with E-state index in [-0.39, 0.29) is 6.42 Å². The van der Waals surface area contributed by atoms with Crippen molar-refractivity contribution in [2.24, 2.45) is 0 Å². The van der Waals surface area contributed by atoms with E-state index in [0.717, 1.165) is 24.6 Å². The van der Waals surface area contributed by atoms with E-state index in [4.69, 9.17) is 21.3 Å². The van der Waals surface area contributed by atoms with Crippen LogP contribution in [0.4, 0.5) is 0 Å². The molecule has 26 heavy (non-hydrogen) atoms. The number of aryl methyl sites for hydroxylation is 1. The number of ether oxygens (including phenoxy) is 1. The highest BCUT2D eigenvalue weighted by Crippen LogP contribution is 2.37. The van der Waals surface area contributed by atoms with E-state index < -0.39 is 5.97 Å². The number of halogens is 2. The first-order valence-corrected chi connectivity index (χ1v) is 9.98. The number of rotatable bonds is 5. The van der Waals surface area contributed by atoms with Crippen molar-refractivity contribution in [2.75, 3.05) is 7.11 Å². The van der Waals surface area contributed by atoms with Crippen molar-refractivity contribution >= 4 is 51.5 Å². The molecule has 134 valence electrons. The molecule has 0 bridgehead atoms. The predicted molar refractivity (Wildman–Crippen MR) is 113 cm³/mol. The molecule has 1 aromatic heterocycles. The summed E-state index contributed by atoms with van der Waals surface area (Å²) < 4.78 is 6.30. The number of thiazole rings is 1. The fraction of sp³-hybridized carbons (Fsp3) is 0.158. The molecule has 1 heterocycles. The second kappa shape index (κ2) is 7.94. The maximum atomic E-state index is 11.3. The summed E-state index contributed by atoms with van der Waals surface area (Å²) in [6.07, 6.45) is -0.0681. The van der Waals surface area contributed by atoms with E-state index in [1.807, 2.05) is 31.2 Å². The lowest BCUT2D eigenvalue weighted by atomic mass is 10.1. The van der Waals surface area contributed by atoms with E-state index in [1.54, 1.807) is 19.2 Å². The van der Waals surface area contributed by atoms with Gasteiger partial charge in [-0.05, 0) is 59.3 Å². The molecule has 0 aliphatic rings. The average molecular weight is 500 g/mol. The average Bonchev–Trinajstić information content (AvgIpc) is 3.00. The van der Waals surface area contributed by atoms with Crippen LogP contribution in [0.25, 0.3) is 21.8 Å². The molecule has 0 aliphatic heterocycles. The molecular formula is C19H15ClINO3S. The number of carboxylic acids is 1. The molecule has 1 N–H and O–H groups in total. The molecule has 0 atom stereocenters. The zero-order chi connectivity index (χ0) is 18.8. The number of hydrogen-bond donors (Lipinski definition) is 1. The Balaban J connectivity index is 2.11. The van der Waals surface area contributed by atoms with Gasteiger partial charge >= 0.3 is 5.97 Å². The highest BCUT2D eigenvalue weighted by Gasteiger charge is 2.18. The summed E-state index contributed by atoms with van der Waals surface area (Å²) >= 11 is 9.87. The molecule has 2 aromatic carbocycles. The van der Waals surface area contributed by atoms with Gasteiger partial charge in [-0.1, -0.05) is 23.7 Å². The summed E-state index contributed by atoms with van der Waals surface area (Å²) in [5.74, 6) is -0.290. The number of aliphatic carboxylic acids is 1. The first kappa shape index (κ1) is 19.1. The Morgan fingerprint density at radius 2 is 2.00 bits per heavy atom. The summed E-state index contributed by atoms with van der Waals surface area (Å²) in [6.45, 7) is 2.04. The van der Waals surface area contributed by atoms with Crippen LogP contribution in [0.2, 0.25) is 5.02 Å². The van der Waals surface area contributed by atoms with Gasteiger partial charge in [-0.25, -0.2) is 4.98 Å². The van der Waals surface area contributed by atoms with Crippen LogP contribution in [0.1, 0.15) is 10.4 Å². The van der Waals surface area contributed by atoms with Crippen LogP contribution in [0, 0.1) is 10.5 Å². The summed E-state index contributed by atoms with van der Waals surface area (Å²) in [4.78, 5) is 16.7. The number of nitrogens with zero attached hydrogens (tertiary/aromatic N) is 1. The van der Waals surface area contributed by atoms with Crippen LogP contribution >= 0.6 is 45.5 Å². The lowest BCUT2D eigenvalue weighted by molar-refractivity contribution is -0.136. The molecule has 3 aromatic rings. The quantitative estimate of drug-likeness (QED) is 0.459. The molecule has 7 heteroatoms. The predicted octanol–water partition coefficient (Wildman–Crippen LogP) is 5.68. The summed E-state index contributed by atoms with van der Waals surface area (Å²) in [5.41, 5.74) is 3.63. The summed E-state index contributed by atoms with van der Waals surface area (Å²) in [7, 11) is 1.56. The van der Waals surface area contributed by atoms with Gasteiger partial charge in [0, 0.05) is 19.6 Å². The molecule has 0 aliphatic carbocycles. The van der Waals surface area contributed by atoms with Gasteiger partial charge in [-0.2, -0.15) is 0 Å². The van der Waals surface area contributed by atoms with E-state index in [0.29, 0.717) is 16.5 Å². The van der Waals surface area contributed by atoms with E-state index in [2.05, 4.69) is 22.6 Å². The van der Waals surface area contributed by atoms with Crippen LogP contribution < -0.4 is 4.74 Å². The number of benzene rings is 2. The lowest BCUT2D eigenvalue weighted by Crippen LogP contribution is -1.99. The number of hydrogen-bond acceptors (Lipinski definition) is 4. The first-order valence-electron chi connectivity index (χ1n) is 7.71. The van der Waals surface area contributed by atoms with Gasteiger partial charge in [0.15, 0.2) is 0 Å². The van der Waals surface area contributed by atoms with Gasteiger partial charge in [0.05, 0.1) is 24.2 Å². The van der Waals surface area contributed by atoms with Crippen molar-refractivity contribution in [1.29, 1.82) is 0 Å². The standard InChI is InChI=1S/C19H15ClINO3S/c1-10-3-4-11(8-14(10)21)18-16(9-17(23)24)26-19(22-18)12-5-6-15(25-2)13(20)7-12/h3-8H,9H2,1-2H3,(H,23,24). The Morgan fingerprint density at radius 3 is 2.62 bits per heavy atom. The Labute approximate surface area is 173 Å². The third kappa shape index (κ3) is 4.02. The lowest BCUT2D eigenvalue weighted by Gasteiger charge is -2.04. The van der Waals surface area contributed by atoms with Crippen molar-refractivity contribution in [2.45, 2.75) is 13.3 Å². The topological polar surface area (TPSA) is 59.4 Å². The largest absolute Gasteiger partial charge is 0.495 e. The van der Waals surface area contributed by atoms with E-state index in [1.165, 1.54) is 16.9 Å². The zero-order valence-corrected chi connectivity index (χ0v) is 17.8. The molecule has 0 unspecified atom stereocenters. The van der Waals surface area contributed by atoms with Crippen molar-refractivity contribution in [3.05, 3.63) is 55.4 Å². The zero-order valence-electron chi connectivity index (χ0n) is 14.0. The third-order valence-corrected chi connectivity index (χ3v) is 6.42. The Hall–Kier alpha value is -1.64. The van der Waals surface area contributed by atoms with E-state index in [9.17, 15) is 9.90 Å². The third-order valence-electron chi connectivity index (χ3n) is 3.85. The highest BCUT2D eigenvalue weighted by molar-refractivity contribution is 14.1. The molecule has 3 rings (SSSR count). The van der Waals surface area contributed by atoms with Crippen LogP contribution in [-0.4, -0.2) is 23.2 Å². The van der Waals surface area contributed by atoms with E-state index >= 15 is 0 Å². The molecule has 0 amide bonds. The number of aromatic nitrogens is 1. The fourth-order valence-corrected chi connectivity index (χ4v) is 4.34. The summed E-state index contributed by atoms with van der Waals surface area (Å²) in [6, 6.07) is 11.5. The maximum absolute atomic E-state index is 11.3. The van der Waals surface area contributed by atoms with Crippen LogP contribution in [-0.2, 0) is 11.2 Å². The monoisotopic (exact) mass is 499 g/mol. The van der Waals surface area contributed by atoms with Gasteiger partial charge in [-0.15, -0.1) is 11.3 Å². The molecule has 0 saturated heterocycles. The Morgan fingerprint density at radius 1 is 1.27 bits per heavy atom. The molecular weight excluding hydrogens is 485 g/mol. The van der Waals surface area contributed by atoms with Gasteiger partial charge < -0.3 is 9.84 Å². The van der Waals surface area contributed by atoms with Crippen molar-refractivity contribution in [3.8, 4) is 27.6 Å². The molecule has 0 spiro atoms. The van der Waals surface area contributed by atoms with Crippen LogP contribution in [0.15, 0.2) is 36.4 Å². The smallest absolute Gasteiger partial charge is 0.308 e. The molecule has 4 nitrogen and oxygen atoms in total.